The van der Waals surface area contributed by atoms with Gasteiger partial charge >= 0.3 is 0 Å². The van der Waals surface area contributed by atoms with Gasteiger partial charge in [0.2, 0.25) is 0 Å². The molecule has 1 aromatic carbocycles. The number of benzene rings is 1. The third kappa shape index (κ3) is 3.91. The van der Waals surface area contributed by atoms with Crippen LogP contribution < -0.4 is 14.8 Å². The summed E-state index contributed by atoms with van der Waals surface area (Å²) in [4.78, 5) is 0. The van der Waals surface area contributed by atoms with E-state index in [0.29, 0.717) is 17.5 Å². The molecule has 0 heterocycles. The lowest BCUT2D eigenvalue weighted by molar-refractivity contribution is 0.330. The maximum Gasteiger partial charge on any atom is 0.163 e. The van der Waals surface area contributed by atoms with Gasteiger partial charge < -0.3 is 14.8 Å². The van der Waals surface area contributed by atoms with E-state index in [1.54, 1.807) is 7.11 Å². The molecule has 2 rings (SSSR count). The highest BCUT2D eigenvalue weighted by Crippen LogP contribution is 2.33. The zero-order chi connectivity index (χ0) is 14.4. The fourth-order valence-electron chi connectivity index (χ4n) is 2.49. The second kappa shape index (κ2) is 7.56. The van der Waals surface area contributed by atoms with Crippen molar-refractivity contribution >= 4 is 15.9 Å². The summed E-state index contributed by atoms with van der Waals surface area (Å²) < 4.78 is 11.9. The number of hydrogen-bond acceptors (Lipinski definition) is 3. The van der Waals surface area contributed by atoms with Crippen molar-refractivity contribution in [2.45, 2.75) is 38.3 Å². The first-order chi connectivity index (χ1) is 9.74. The molecule has 20 heavy (non-hydrogen) atoms. The number of methoxy groups -OCH3 is 1. The van der Waals surface area contributed by atoms with Gasteiger partial charge in [-0.1, -0.05) is 34.7 Å². The van der Waals surface area contributed by atoms with Gasteiger partial charge in [0.15, 0.2) is 11.5 Å². The fourth-order valence-corrected chi connectivity index (χ4v) is 2.95. The molecule has 0 amide bonds. The molecule has 1 aliphatic rings. The summed E-state index contributed by atoms with van der Waals surface area (Å²) in [5.41, 5.74) is 1.17. The minimum atomic E-state index is 0.239. The quantitative estimate of drug-likeness (QED) is 0.806. The summed E-state index contributed by atoms with van der Waals surface area (Å²) in [6.07, 6.45) is 10.4. The summed E-state index contributed by atoms with van der Waals surface area (Å²) >= 11 is 3.58. The van der Waals surface area contributed by atoms with Crippen molar-refractivity contribution in [2.75, 3.05) is 13.7 Å². The average molecular weight is 338 g/mol. The topological polar surface area (TPSA) is 30.5 Å². The van der Waals surface area contributed by atoms with Gasteiger partial charge in [0.1, 0.15) is 6.61 Å². The standard InChI is InChI=1S/C16H20BrNO2/c1-3-8-20-16-10-14(17)12(9-15(16)19-2)11-18-13-6-4-5-7-13/h1,9-10,13,18H,4-8,11H2,2H3. The van der Waals surface area contributed by atoms with E-state index >= 15 is 0 Å². The molecule has 1 aliphatic carbocycles. The molecule has 0 saturated heterocycles. The minimum Gasteiger partial charge on any atom is -0.493 e. The van der Waals surface area contributed by atoms with Crippen LogP contribution in [0.15, 0.2) is 16.6 Å². The van der Waals surface area contributed by atoms with Gasteiger partial charge in [0.25, 0.3) is 0 Å². The van der Waals surface area contributed by atoms with E-state index in [1.165, 1.54) is 31.2 Å². The predicted molar refractivity (Wildman–Crippen MR) is 84.1 cm³/mol. The SMILES string of the molecule is C#CCOc1cc(Br)c(CNC2CCCC2)cc1OC. The third-order valence-electron chi connectivity index (χ3n) is 3.58. The van der Waals surface area contributed by atoms with Crippen molar-refractivity contribution in [2.24, 2.45) is 0 Å². The van der Waals surface area contributed by atoms with Crippen molar-refractivity contribution in [1.29, 1.82) is 0 Å². The lowest BCUT2D eigenvalue weighted by Gasteiger charge is -2.15. The van der Waals surface area contributed by atoms with Crippen molar-refractivity contribution in [3.8, 4) is 23.8 Å². The molecule has 0 unspecified atom stereocenters. The second-order valence-electron chi connectivity index (χ2n) is 4.95. The van der Waals surface area contributed by atoms with E-state index < -0.39 is 0 Å². The van der Waals surface area contributed by atoms with Crippen LogP contribution in [-0.4, -0.2) is 19.8 Å². The van der Waals surface area contributed by atoms with Crippen LogP contribution in [0, 0.1) is 12.3 Å². The van der Waals surface area contributed by atoms with Crippen LogP contribution in [0.1, 0.15) is 31.2 Å². The first-order valence-corrected chi connectivity index (χ1v) is 7.70. The highest BCUT2D eigenvalue weighted by Gasteiger charge is 2.15. The molecule has 108 valence electrons. The molecular weight excluding hydrogens is 318 g/mol. The van der Waals surface area contributed by atoms with Gasteiger partial charge in [-0.15, -0.1) is 6.42 Å². The fraction of sp³-hybridized carbons (Fsp3) is 0.500. The van der Waals surface area contributed by atoms with E-state index in [0.717, 1.165) is 11.0 Å². The smallest absolute Gasteiger partial charge is 0.163 e. The Balaban J connectivity index is 2.06. The summed E-state index contributed by atoms with van der Waals surface area (Å²) in [5.74, 6) is 3.84. The van der Waals surface area contributed by atoms with Crippen LogP contribution in [0.3, 0.4) is 0 Å². The summed E-state index contributed by atoms with van der Waals surface area (Å²) in [6.45, 7) is 1.07. The van der Waals surface area contributed by atoms with Crippen molar-refractivity contribution < 1.29 is 9.47 Å². The van der Waals surface area contributed by atoms with Crippen LogP contribution in [-0.2, 0) is 6.54 Å². The molecule has 0 aromatic heterocycles. The Morgan fingerprint density at radius 3 is 2.75 bits per heavy atom. The molecule has 1 N–H and O–H groups in total. The van der Waals surface area contributed by atoms with Crippen LogP contribution >= 0.6 is 15.9 Å². The number of terminal acetylenes is 1. The van der Waals surface area contributed by atoms with Gasteiger partial charge in [-0.3, -0.25) is 0 Å². The van der Waals surface area contributed by atoms with Gasteiger partial charge in [-0.2, -0.15) is 0 Å². The normalized spacial score (nSPS) is 15.1. The van der Waals surface area contributed by atoms with Crippen LogP contribution in [0.5, 0.6) is 11.5 Å². The highest BCUT2D eigenvalue weighted by molar-refractivity contribution is 9.10. The van der Waals surface area contributed by atoms with Crippen molar-refractivity contribution in [1.82, 2.24) is 5.32 Å². The Morgan fingerprint density at radius 2 is 2.10 bits per heavy atom. The van der Waals surface area contributed by atoms with Crippen molar-refractivity contribution in [3.05, 3.63) is 22.2 Å². The monoisotopic (exact) mass is 337 g/mol. The Hall–Kier alpha value is -1.18. The lowest BCUT2D eigenvalue weighted by atomic mass is 10.1. The third-order valence-corrected chi connectivity index (χ3v) is 4.32. The van der Waals surface area contributed by atoms with Crippen LogP contribution in [0.2, 0.25) is 0 Å². The minimum absolute atomic E-state index is 0.239. The second-order valence-corrected chi connectivity index (χ2v) is 5.80. The van der Waals surface area contributed by atoms with Gasteiger partial charge in [-0.25, -0.2) is 0 Å². The van der Waals surface area contributed by atoms with Gasteiger partial charge in [0, 0.05) is 17.1 Å². The molecule has 1 saturated carbocycles. The Bertz CT molecular complexity index is 490. The molecule has 0 atom stereocenters. The first kappa shape index (κ1) is 15.2. The van der Waals surface area contributed by atoms with E-state index in [4.69, 9.17) is 15.9 Å². The molecule has 3 nitrogen and oxygen atoms in total. The molecule has 0 bridgehead atoms. The molecule has 1 aromatic rings. The van der Waals surface area contributed by atoms with Crippen LogP contribution in [0.25, 0.3) is 0 Å². The number of halogens is 1. The first-order valence-electron chi connectivity index (χ1n) is 6.90. The molecule has 4 heteroatoms. The van der Waals surface area contributed by atoms with Gasteiger partial charge in [-0.05, 0) is 30.5 Å². The van der Waals surface area contributed by atoms with E-state index in [9.17, 15) is 0 Å². The van der Waals surface area contributed by atoms with E-state index in [-0.39, 0.29) is 6.61 Å². The zero-order valence-corrected chi connectivity index (χ0v) is 13.3. The molecule has 0 aliphatic heterocycles. The Kier molecular flexibility index (Phi) is 5.75. The Labute approximate surface area is 129 Å². The molecule has 1 fully saturated rings. The zero-order valence-electron chi connectivity index (χ0n) is 11.7. The molecular formula is C16H20BrNO2. The lowest BCUT2D eigenvalue weighted by Crippen LogP contribution is -2.25. The summed E-state index contributed by atoms with van der Waals surface area (Å²) in [5, 5.41) is 3.59. The van der Waals surface area contributed by atoms with Gasteiger partial charge in [0.05, 0.1) is 7.11 Å². The largest absolute Gasteiger partial charge is 0.493 e. The number of hydrogen-bond donors (Lipinski definition) is 1. The molecule has 0 spiro atoms. The molecule has 0 radical (unpaired) electrons. The number of nitrogens with one attached hydrogen (secondary N) is 1. The maximum absolute atomic E-state index is 5.48. The summed E-state index contributed by atoms with van der Waals surface area (Å²) in [7, 11) is 1.64. The van der Waals surface area contributed by atoms with E-state index in [2.05, 4.69) is 27.2 Å². The average Bonchev–Trinajstić information content (AvgIpc) is 2.97. The highest BCUT2D eigenvalue weighted by atomic mass is 79.9. The maximum atomic E-state index is 5.48. The Morgan fingerprint density at radius 1 is 1.35 bits per heavy atom. The van der Waals surface area contributed by atoms with Crippen LogP contribution in [0.4, 0.5) is 0 Å². The predicted octanol–water partition coefficient (Wildman–Crippen LogP) is 3.50. The number of rotatable bonds is 6. The summed E-state index contributed by atoms with van der Waals surface area (Å²) in [6, 6.07) is 4.56. The number of ether oxygens (including phenoxy) is 2. The van der Waals surface area contributed by atoms with Crippen molar-refractivity contribution in [3.63, 3.8) is 0 Å². The van der Waals surface area contributed by atoms with E-state index in [1.807, 2.05) is 12.1 Å².